The molecule has 0 radical (unpaired) electrons. The van der Waals surface area contributed by atoms with Gasteiger partial charge in [0.15, 0.2) is 0 Å². The topological polar surface area (TPSA) is 34.1 Å². The molecule has 2 aromatic rings. The van der Waals surface area contributed by atoms with E-state index < -0.39 is 0 Å². The average Bonchev–Trinajstić information content (AvgIpc) is 2.54. The summed E-state index contributed by atoms with van der Waals surface area (Å²) in [6.45, 7) is 0. The lowest BCUT2D eigenvalue weighted by Crippen LogP contribution is -2.25. The zero-order chi connectivity index (χ0) is 13.7. The van der Waals surface area contributed by atoms with Gasteiger partial charge in [-0.15, -0.1) is 0 Å². The van der Waals surface area contributed by atoms with Crippen LogP contribution in [0.15, 0.2) is 36.4 Å². The van der Waals surface area contributed by atoms with E-state index >= 15 is 0 Å². The van der Waals surface area contributed by atoms with E-state index in [4.69, 9.17) is 0 Å². The van der Waals surface area contributed by atoms with Crippen molar-refractivity contribution in [1.82, 2.24) is 0 Å². The minimum atomic E-state index is 0.380. The summed E-state index contributed by atoms with van der Waals surface area (Å²) in [5.41, 5.74) is 6.78. The number of aldehydes is 2. The van der Waals surface area contributed by atoms with Gasteiger partial charge in [-0.25, -0.2) is 0 Å². The smallest absolute Gasteiger partial charge is 0.150 e. The summed E-state index contributed by atoms with van der Waals surface area (Å²) in [7, 11) is 0. The van der Waals surface area contributed by atoms with Crippen LogP contribution >= 0.6 is 0 Å². The van der Waals surface area contributed by atoms with E-state index in [1.54, 1.807) is 0 Å². The van der Waals surface area contributed by atoms with Crippen LogP contribution in [0.2, 0.25) is 0 Å². The molecule has 20 heavy (non-hydrogen) atoms. The third kappa shape index (κ3) is 1.45. The maximum absolute atomic E-state index is 11.0. The van der Waals surface area contributed by atoms with E-state index in [0.29, 0.717) is 11.8 Å². The first-order chi connectivity index (χ1) is 9.81. The van der Waals surface area contributed by atoms with E-state index in [1.807, 2.05) is 24.3 Å². The maximum atomic E-state index is 11.0. The van der Waals surface area contributed by atoms with Crippen molar-refractivity contribution in [3.63, 3.8) is 0 Å². The Hall–Kier alpha value is -2.22. The minimum absolute atomic E-state index is 0.380. The maximum Gasteiger partial charge on any atom is 0.150 e. The largest absolute Gasteiger partial charge is 0.298 e. The molecule has 98 valence electrons. The number of hydrogen-bond acceptors (Lipinski definition) is 2. The Kier molecular flexibility index (Phi) is 2.40. The molecule has 2 bridgehead atoms. The third-order valence-corrected chi connectivity index (χ3v) is 4.74. The quantitative estimate of drug-likeness (QED) is 0.774. The zero-order valence-electron chi connectivity index (χ0n) is 11.0. The third-order valence-electron chi connectivity index (χ3n) is 4.74. The zero-order valence-corrected chi connectivity index (χ0v) is 11.0. The summed E-state index contributed by atoms with van der Waals surface area (Å²) in [6, 6.07) is 12.1. The van der Waals surface area contributed by atoms with Crippen LogP contribution in [-0.2, 0) is 0 Å². The molecule has 0 heterocycles. The standard InChI is InChI=1S/C18H14O2/c19-9-11-1-3-13-15-5-6-16(17(13)7-11)14-4-2-12(10-20)8-18(14)15/h1-4,7-10,15-16H,5-6H2. The van der Waals surface area contributed by atoms with Crippen molar-refractivity contribution in [2.45, 2.75) is 24.7 Å². The predicted octanol–water partition coefficient (Wildman–Crippen LogP) is 3.68. The number of hydrogen-bond donors (Lipinski definition) is 0. The Morgan fingerprint density at radius 3 is 1.55 bits per heavy atom. The summed E-state index contributed by atoms with van der Waals surface area (Å²) in [6.07, 6.45) is 4.10. The fourth-order valence-corrected chi connectivity index (χ4v) is 3.86. The van der Waals surface area contributed by atoms with Gasteiger partial charge in [0.05, 0.1) is 0 Å². The lowest BCUT2D eigenvalue weighted by Gasteiger charge is -2.40. The van der Waals surface area contributed by atoms with E-state index in [0.717, 1.165) is 36.5 Å². The Bertz CT molecular complexity index is 667. The van der Waals surface area contributed by atoms with E-state index in [2.05, 4.69) is 12.1 Å². The second kappa shape index (κ2) is 4.14. The first-order valence-corrected chi connectivity index (χ1v) is 7.00. The Morgan fingerprint density at radius 1 is 0.700 bits per heavy atom. The second-order valence-corrected chi connectivity index (χ2v) is 5.69. The molecule has 3 aliphatic carbocycles. The van der Waals surface area contributed by atoms with Gasteiger partial charge in [0.2, 0.25) is 0 Å². The number of carbonyl (C=O) groups is 2. The van der Waals surface area contributed by atoms with Crippen LogP contribution in [0.3, 0.4) is 0 Å². The molecule has 2 heteroatoms. The highest BCUT2D eigenvalue weighted by atomic mass is 16.1. The van der Waals surface area contributed by atoms with Gasteiger partial charge >= 0.3 is 0 Å². The fourth-order valence-electron chi connectivity index (χ4n) is 3.86. The number of carbonyl (C=O) groups excluding carboxylic acids is 2. The highest BCUT2D eigenvalue weighted by Gasteiger charge is 2.37. The lowest BCUT2D eigenvalue weighted by atomic mass is 9.63. The summed E-state index contributed by atoms with van der Waals surface area (Å²) in [4.78, 5) is 22.0. The molecular weight excluding hydrogens is 248 g/mol. The summed E-state index contributed by atoms with van der Waals surface area (Å²) >= 11 is 0. The summed E-state index contributed by atoms with van der Waals surface area (Å²) in [5, 5.41) is 0. The van der Waals surface area contributed by atoms with E-state index in [-0.39, 0.29) is 0 Å². The molecule has 0 saturated heterocycles. The van der Waals surface area contributed by atoms with Crippen LogP contribution in [0.4, 0.5) is 0 Å². The normalized spacial score (nSPS) is 22.0. The van der Waals surface area contributed by atoms with Crippen molar-refractivity contribution in [1.29, 1.82) is 0 Å². The van der Waals surface area contributed by atoms with Gasteiger partial charge in [0.1, 0.15) is 12.6 Å². The van der Waals surface area contributed by atoms with Crippen LogP contribution in [0.5, 0.6) is 0 Å². The van der Waals surface area contributed by atoms with Crippen LogP contribution < -0.4 is 0 Å². The van der Waals surface area contributed by atoms with Gasteiger partial charge in [0.25, 0.3) is 0 Å². The van der Waals surface area contributed by atoms with Crippen molar-refractivity contribution >= 4 is 12.6 Å². The molecule has 0 fully saturated rings. The van der Waals surface area contributed by atoms with Crippen molar-refractivity contribution in [2.24, 2.45) is 0 Å². The molecule has 2 unspecified atom stereocenters. The average molecular weight is 262 g/mol. The Morgan fingerprint density at radius 2 is 1.15 bits per heavy atom. The molecular formula is C18H14O2. The highest BCUT2D eigenvalue weighted by Crippen LogP contribution is 2.52. The molecule has 2 aromatic carbocycles. The SMILES string of the molecule is O=Cc1ccc2c(c1)C1CCC2c2cc(C=O)ccc21. The highest BCUT2D eigenvalue weighted by molar-refractivity contribution is 5.78. The second-order valence-electron chi connectivity index (χ2n) is 5.69. The number of fused-ring (bicyclic) bond motifs is 1. The van der Waals surface area contributed by atoms with Gasteiger partial charge in [-0.2, -0.15) is 0 Å². The number of rotatable bonds is 2. The molecule has 0 amide bonds. The summed E-state index contributed by atoms with van der Waals surface area (Å²) < 4.78 is 0. The van der Waals surface area contributed by atoms with Crippen LogP contribution in [-0.4, -0.2) is 12.6 Å². The molecule has 5 rings (SSSR count). The van der Waals surface area contributed by atoms with Gasteiger partial charge in [-0.1, -0.05) is 24.3 Å². The van der Waals surface area contributed by atoms with Gasteiger partial charge in [-0.3, -0.25) is 9.59 Å². The first-order valence-electron chi connectivity index (χ1n) is 7.00. The predicted molar refractivity (Wildman–Crippen MR) is 76.6 cm³/mol. The monoisotopic (exact) mass is 262 g/mol. The van der Waals surface area contributed by atoms with Crippen molar-refractivity contribution in [2.75, 3.05) is 0 Å². The molecule has 2 atom stereocenters. The number of benzene rings is 2. The molecule has 0 N–H and O–H groups in total. The molecule has 0 spiro atoms. The Balaban J connectivity index is 1.94. The van der Waals surface area contributed by atoms with Crippen LogP contribution in [0, 0.1) is 0 Å². The van der Waals surface area contributed by atoms with Gasteiger partial charge < -0.3 is 0 Å². The Labute approximate surface area is 117 Å². The molecule has 3 aliphatic rings. The van der Waals surface area contributed by atoms with Crippen molar-refractivity contribution < 1.29 is 9.59 Å². The van der Waals surface area contributed by atoms with Crippen LogP contribution in [0.25, 0.3) is 0 Å². The molecule has 2 nitrogen and oxygen atoms in total. The lowest BCUT2D eigenvalue weighted by molar-refractivity contribution is 0.111. The van der Waals surface area contributed by atoms with E-state index in [9.17, 15) is 9.59 Å². The minimum Gasteiger partial charge on any atom is -0.298 e. The first kappa shape index (κ1) is 11.6. The van der Waals surface area contributed by atoms with Gasteiger partial charge in [0, 0.05) is 23.0 Å². The van der Waals surface area contributed by atoms with E-state index in [1.165, 1.54) is 22.3 Å². The molecule has 0 aromatic heterocycles. The molecule has 0 aliphatic heterocycles. The fraction of sp³-hybridized carbons (Fsp3) is 0.222. The van der Waals surface area contributed by atoms with Crippen molar-refractivity contribution in [3.8, 4) is 0 Å². The van der Waals surface area contributed by atoms with Crippen LogP contribution in [0.1, 0.15) is 67.6 Å². The molecule has 0 saturated carbocycles. The van der Waals surface area contributed by atoms with Crippen molar-refractivity contribution in [3.05, 3.63) is 69.8 Å². The summed E-state index contributed by atoms with van der Waals surface area (Å²) in [5.74, 6) is 0.760. The van der Waals surface area contributed by atoms with Gasteiger partial charge in [-0.05, 0) is 47.2 Å².